The normalized spacial score (nSPS) is 15.7. The number of H-pyrrole nitrogens is 1. The number of rotatable bonds is 5. The van der Waals surface area contributed by atoms with Gasteiger partial charge in [0, 0.05) is 18.9 Å². The number of aromatic nitrogens is 5. The fourth-order valence-electron chi connectivity index (χ4n) is 3.54. The first-order chi connectivity index (χ1) is 12.2. The maximum atomic E-state index is 12.5. The Morgan fingerprint density at radius 2 is 2.24 bits per heavy atom. The largest absolute Gasteiger partial charge is 0.352 e. The number of carbonyl (C=O) groups excluding carboxylic acids is 1. The third-order valence-electron chi connectivity index (χ3n) is 4.79. The summed E-state index contributed by atoms with van der Waals surface area (Å²) in [5.74, 6) is 0.385. The van der Waals surface area contributed by atoms with Crippen molar-refractivity contribution in [1.29, 1.82) is 0 Å². The number of carbonyl (C=O) groups is 1. The smallest absolute Gasteiger partial charge is 0.254 e. The molecule has 7 nitrogen and oxygen atoms in total. The topological polar surface area (TPSA) is 88.0 Å². The summed E-state index contributed by atoms with van der Waals surface area (Å²) in [6.07, 6.45) is 10.3. The van der Waals surface area contributed by atoms with E-state index in [1.54, 1.807) is 22.0 Å². The molecule has 2 N–H and O–H groups in total. The molecule has 1 saturated carbocycles. The van der Waals surface area contributed by atoms with E-state index >= 15 is 0 Å². The van der Waals surface area contributed by atoms with Gasteiger partial charge in [0.25, 0.3) is 5.91 Å². The minimum Gasteiger partial charge on any atom is -0.352 e. The van der Waals surface area contributed by atoms with Crippen LogP contribution in [0.15, 0.2) is 12.4 Å². The summed E-state index contributed by atoms with van der Waals surface area (Å²) in [5.41, 5.74) is 2.63. The highest BCUT2D eigenvalue weighted by molar-refractivity contribution is 7.16. The van der Waals surface area contributed by atoms with Gasteiger partial charge in [-0.2, -0.15) is 10.2 Å². The van der Waals surface area contributed by atoms with Crippen LogP contribution in [0.1, 0.15) is 64.8 Å². The van der Waals surface area contributed by atoms with Gasteiger partial charge in [-0.05, 0) is 19.8 Å². The maximum Gasteiger partial charge on any atom is 0.254 e. The second kappa shape index (κ2) is 6.95. The summed E-state index contributed by atoms with van der Waals surface area (Å²) < 4.78 is 1.80. The highest BCUT2D eigenvalue weighted by Crippen LogP contribution is 2.33. The van der Waals surface area contributed by atoms with Gasteiger partial charge in [0.2, 0.25) is 4.96 Å². The first kappa shape index (κ1) is 16.3. The molecule has 0 bridgehead atoms. The van der Waals surface area contributed by atoms with Crippen molar-refractivity contribution >= 4 is 22.2 Å². The van der Waals surface area contributed by atoms with E-state index in [9.17, 15) is 4.79 Å². The monoisotopic (exact) mass is 358 g/mol. The zero-order valence-electron chi connectivity index (χ0n) is 14.3. The van der Waals surface area contributed by atoms with Crippen LogP contribution in [0.5, 0.6) is 0 Å². The molecule has 0 radical (unpaired) electrons. The Morgan fingerprint density at radius 1 is 1.40 bits per heavy atom. The lowest BCUT2D eigenvalue weighted by Crippen LogP contribution is -2.27. The van der Waals surface area contributed by atoms with E-state index in [1.807, 2.05) is 13.1 Å². The van der Waals surface area contributed by atoms with Gasteiger partial charge in [-0.1, -0.05) is 30.6 Å². The number of aryl methyl sites for hydroxylation is 1. The van der Waals surface area contributed by atoms with E-state index in [-0.39, 0.29) is 5.91 Å². The number of nitrogens with zero attached hydrogens (tertiary/aromatic N) is 4. The van der Waals surface area contributed by atoms with E-state index in [4.69, 9.17) is 0 Å². The van der Waals surface area contributed by atoms with Gasteiger partial charge in [0.05, 0.1) is 29.3 Å². The number of hydrogen-bond acceptors (Lipinski definition) is 5. The van der Waals surface area contributed by atoms with E-state index in [0.717, 1.165) is 34.2 Å². The molecular formula is C17H22N6OS. The van der Waals surface area contributed by atoms with E-state index < -0.39 is 0 Å². The van der Waals surface area contributed by atoms with Gasteiger partial charge in [-0.25, -0.2) is 9.50 Å². The van der Waals surface area contributed by atoms with Crippen molar-refractivity contribution in [2.45, 2.75) is 51.4 Å². The first-order valence-corrected chi connectivity index (χ1v) is 9.65. The molecule has 1 fully saturated rings. The molecule has 3 heterocycles. The summed E-state index contributed by atoms with van der Waals surface area (Å²) in [5, 5.41) is 15.5. The van der Waals surface area contributed by atoms with Crippen molar-refractivity contribution in [2.75, 3.05) is 6.54 Å². The van der Waals surface area contributed by atoms with Crippen LogP contribution in [0.3, 0.4) is 0 Å². The standard InChI is InChI=1S/C17H22N6OS/c1-11-22-23-10-13(20-17(23)25-11)7-8-18-16(24)14-9-19-21-15(14)12-5-3-2-4-6-12/h9-10,12H,2-8H2,1H3,(H,18,24)(H,19,21). The van der Waals surface area contributed by atoms with Crippen molar-refractivity contribution < 1.29 is 4.79 Å². The Labute approximate surface area is 149 Å². The number of nitrogens with one attached hydrogen (secondary N) is 2. The summed E-state index contributed by atoms with van der Waals surface area (Å²) in [7, 11) is 0. The minimum absolute atomic E-state index is 0.0516. The lowest BCUT2D eigenvalue weighted by Gasteiger charge is -2.21. The Balaban J connectivity index is 1.35. The molecule has 0 unspecified atom stereocenters. The number of aromatic amines is 1. The second-order valence-electron chi connectivity index (χ2n) is 6.62. The van der Waals surface area contributed by atoms with Crippen molar-refractivity contribution in [1.82, 2.24) is 30.1 Å². The molecule has 3 aromatic heterocycles. The molecule has 1 amide bonds. The fourth-order valence-corrected chi connectivity index (χ4v) is 4.29. The van der Waals surface area contributed by atoms with Gasteiger partial charge >= 0.3 is 0 Å². The molecule has 1 aliphatic rings. The summed E-state index contributed by atoms with van der Waals surface area (Å²) in [6, 6.07) is 0. The quantitative estimate of drug-likeness (QED) is 0.734. The Kier molecular flexibility index (Phi) is 4.52. The number of amides is 1. The summed E-state index contributed by atoms with van der Waals surface area (Å²) in [4.78, 5) is 17.9. The molecule has 25 heavy (non-hydrogen) atoms. The van der Waals surface area contributed by atoms with Crippen LogP contribution in [0.25, 0.3) is 4.96 Å². The molecule has 0 aromatic carbocycles. The third kappa shape index (κ3) is 3.44. The number of fused-ring (bicyclic) bond motifs is 1. The van der Waals surface area contributed by atoms with Crippen molar-refractivity contribution in [3.8, 4) is 0 Å². The Hall–Kier alpha value is -2.22. The predicted octanol–water partition coefficient (Wildman–Crippen LogP) is 2.84. The average Bonchev–Trinajstić information content (AvgIpc) is 3.30. The van der Waals surface area contributed by atoms with Gasteiger partial charge < -0.3 is 5.32 Å². The van der Waals surface area contributed by atoms with Crippen LogP contribution in [0.4, 0.5) is 0 Å². The van der Waals surface area contributed by atoms with Crippen molar-refractivity contribution in [3.63, 3.8) is 0 Å². The predicted molar refractivity (Wildman–Crippen MR) is 96.1 cm³/mol. The van der Waals surface area contributed by atoms with E-state index in [2.05, 4.69) is 25.6 Å². The van der Waals surface area contributed by atoms with Crippen LogP contribution in [-0.4, -0.2) is 37.2 Å². The molecule has 8 heteroatoms. The molecule has 4 rings (SSSR count). The molecule has 0 spiro atoms. The maximum absolute atomic E-state index is 12.5. The fraction of sp³-hybridized carbons (Fsp3) is 0.529. The molecule has 0 atom stereocenters. The average molecular weight is 358 g/mol. The number of hydrogen-bond donors (Lipinski definition) is 2. The third-order valence-corrected chi connectivity index (χ3v) is 5.63. The van der Waals surface area contributed by atoms with Gasteiger partial charge in [0.15, 0.2) is 0 Å². The first-order valence-electron chi connectivity index (χ1n) is 8.84. The SMILES string of the molecule is Cc1nn2cc(CCNC(=O)c3cn[nH]c3C3CCCCC3)nc2s1. The molecule has 0 saturated heterocycles. The molecule has 0 aliphatic heterocycles. The van der Waals surface area contributed by atoms with Gasteiger partial charge in [-0.3, -0.25) is 9.89 Å². The zero-order valence-corrected chi connectivity index (χ0v) is 15.1. The van der Waals surface area contributed by atoms with Crippen LogP contribution >= 0.6 is 11.3 Å². The lowest BCUT2D eigenvalue weighted by molar-refractivity contribution is 0.0952. The Morgan fingerprint density at radius 3 is 3.04 bits per heavy atom. The van der Waals surface area contributed by atoms with E-state index in [1.165, 1.54) is 19.3 Å². The van der Waals surface area contributed by atoms with Crippen LogP contribution in [0, 0.1) is 6.92 Å². The molecular weight excluding hydrogens is 336 g/mol. The lowest BCUT2D eigenvalue weighted by atomic mass is 9.85. The van der Waals surface area contributed by atoms with E-state index in [0.29, 0.717) is 24.4 Å². The Bertz CT molecular complexity index is 841. The number of imidazole rings is 1. The molecule has 1 aliphatic carbocycles. The summed E-state index contributed by atoms with van der Waals surface area (Å²) in [6.45, 7) is 2.52. The minimum atomic E-state index is -0.0516. The van der Waals surface area contributed by atoms with Crippen LogP contribution in [-0.2, 0) is 6.42 Å². The van der Waals surface area contributed by atoms with Crippen molar-refractivity contribution in [3.05, 3.63) is 34.4 Å². The zero-order chi connectivity index (χ0) is 17.2. The van der Waals surface area contributed by atoms with Crippen LogP contribution in [0.2, 0.25) is 0 Å². The highest BCUT2D eigenvalue weighted by atomic mass is 32.1. The van der Waals surface area contributed by atoms with Gasteiger partial charge in [0.1, 0.15) is 5.01 Å². The van der Waals surface area contributed by atoms with Gasteiger partial charge in [-0.15, -0.1) is 0 Å². The highest BCUT2D eigenvalue weighted by Gasteiger charge is 2.23. The van der Waals surface area contributed by atoms with Crippen molar-refractivity contribution in [2.24, 2.45) is 0 Å². The molecule has 132 valence electrons. The molecule has 3 aromatic rings. The van der Waals surface area contributed by atoms with Crippen LogP contribution < -0.4 is 5.32 Å². The summed E-state index contributed by atoms with van der Waals surface area (Å²) >= 11 is 1.57. The second-order valence-corrected chi connectivity index (χ2v) is 7.78.